The number of halogens is 1. The molecule has 234 valence electrons. The van der Waals surface area contributed by atoms with Gasteiger partial charge in [-0.15, -0.1) is 0 Å². The van der Waals surface area contributed by atoms with E-state index in [-0.39, 0.29) is 11.5 Å². The molecule has 4 aromatic rings. The molecule has 1 atom stereocenters. The Morgan fingerprint density at radius 3 is 2.38 bits per heavy atom. The van der Waals surface area contributed by atoms with E-state index in [2.05, 4.69) is 28.1 Å². The Kier molecular flexibility index (Phi) is 9.94. The molecule has 8 nitrogen and oxygen atoms in total. The number of allylic oxidation sites excluding steroid dienone is 1. The van der Waals surface area contributed by atoms with Gasteiger partial charge in [0.15, 0.2) is 4.80 Å². The minimum absolute atomic E-state index is 0.177. The summed E-state index contributed by atoms with van der Waals surface area (Å²) >= 11 is 4.84. The molecule has 1 amide bonds. The van der Waals surface area contributed by atoms with Gasteiger partial charge in [0, 0.05) is 28.7 Å². The van der Waals surface area contributed by atoms with Crippen molar-refractivity contribution in [3.8, 4) is 17.2 Å². The van der Waals surface area contributed by atoms with Crippen molar-refractivity contribution in [3.05, 3.63) is 118 Å². The number of thiazole rings is 1. The number of methoxy groups -OCH3 is 2. The average molecular weight is 691 g/mol. The SMILES string of the molecule is CCN(CC)C(=O)C1=C(C)N=c2s/c(=C/c3cc(Br)ccc3OCc3ccc(C)cc3)c(=O)n2[C@@H]1c1cc(OC)ccc1OC. The second kappa shape index (κ2) is 13.9. The Labute approximate surface area is 275 Å². The first-order chi connectivity index (χ1) is 21.7. The molecule has 2 heterocycles. The van der Waals surface area contributed by atoms with E-state index in [1.165, 1.54) is 16.9 Å². The number of carbonyl (C=O) groups is 1. The maximum Gasteiger partial charge on any atom is 0.271 e. The third-order valence-corrected chi connectivity index (χ3v) is 9.28. The molecule has 0 N–H and O–H groups in total. The van der Waals surface area contributed by atoms with Gasteiger partial charge in [0.2, 0.25) is 0 Å². The largest absolute Gasteiger partial charge is 0.497 e. The van der Waals surface area contributed by atoms with Crippen molar-refractivity contribution < 1.29 is 19.0 Å². The number of likely N-dealkylation sites (N-methyl/N-ethyl adjacent to an activating group) is 1. The molecule has 0 bridgehead atoms. The second-order valence-corrected chi connectivity index (χ2v) is 12.5. The van der Waals surface area contributed by atoms with E-state index in [0.717, 1.165) is 15.6 Å². The summed E-state index contributed by atoms with van der Waals surface area (Å²) in [5.74, 6) is 1.59. The summed E-state index contributed by atoms with van der Waals surface area (Å²) in [5.41, 5.74) is 4.32. The second-order valence-electron chi connectivity index (χ2n) is 10.6. The van der Waals surface area contributed by atoms with Crippen LogP contribution in [0.4, 0.5) is 0 Å². The van der Waals surface area contributed by atoms with Gasteiger partial charge < -0.3 is 19.1 Å². The quantitative estimate of drug-likeness (QED) is 0.211. The zero-order valence-electron chi connectivity index (χ0n) is 26.2. The molecule has 45 heavy (non-hydrogen) atoms. The topological polar surface area (TPSA) is 82.4 Å². The number of carbonyl (C=O) groups excluding carboxylic acids is 1. The van der Waals surface area contributed by atoms with Gasteiger partial charge >= 0.3 is 0 Å². The first kappa shape index (κ1) is 32.2. The minimum Gasteiger partial charge on any atom is -0.497 e. The fourth-order valence-electron chi connectivity index (χ4n) is 5.37. The number of rotatable bonds is 10. The lowest BCUT2D eigenvalue weighted by Crippen LogP contribution is -2.43. The van der Waals surface area contributed by atoms with Crippen LogP contribution in [0.3, 0.4) is 0 Å². The van der Waals surface area contributed by atoms with Gasteiger partial charge in [0.1, 0.15) is 29.9 Å². The summed E-state index contributed by atoms with van der Waals surface area (Å²) < 4.78 is 20.4. The van der Waals surface area contributed by atoms with E-state index in [1.54, 1.807) is 35.8 Å². The molecule has 0 unspecified atom stereocenters. The standard InChI is InChI=1S/C35H36BrN3O5S/c1-7-38(8-2)34(41)31-22(4)37-35-39(32(31)27-19-26(42-5)14-16-29(27)43-6)33(40)30(45-35)18-24-17-25(36)13-15-28(24)44-20-23-11-9-21(3)10-12-23/h9-19,32H,7-8,20H2,1-6H3/b30-18+/t32-/m1/s1. The number of nitrogens with zero attached hydrogens (tertiary/aromatic N) is 3. The molecule has 1 aliphatic rings. The maximum absolute atomic E-state index is 14.4. The fourth-order valence-corrected chi connectivity index (χ4v) is 6.79. The van der Waals surface area contributed by atoms with Crippen molar-refractivity contribution in [2.75, 3.05) is 27.3 Å². The van der Waals surface area contributed by atoms with Crippen molar-refractivity contribution in [3.63, 3.8) is 0 Å². The van der Waals surface area contributed by atoms with Gasteiger partial charge in [-0.2, -0.15) is 0 Å². The number of amides is 1. The molecule has 5 rings (SSSR count). The number of benzene rings is 3. The number of hydrogen-bond acceptors (Lipinski definition) is 7. The summed E-state index contributed by atoms with van der Waals surface area (Å²) in [5, 5.41) is 0. The van der Waals surface area contributed by atoms with Crippen LogP contribution in [-0.4, -0.2) is 42.7 Å². The normalized spacial score (nSPS) is 14.6. The van der Waals surface area contributed by atoms with Crippen LogP contribution in [0.2, 0.25) is 0 Å². The van der Waals surface area contributed by atoms with Gasteiger partial charge in [-0.3, -0.25) is 14.2 Å². The molecule has 0 fully saturated rings. The van der Waals surface area contributed by atoms with Crippen molar-refractivity contribution >= 4 is 39.2 Å². The predicted molar refractivity (Wildman–Crippen MR) is 181 cm³/mol. The molecule has 0 saturated heterocycles. The summed E-state index contributed by atoms with van der Waals surface area (Å²) in [7, 11) is 3.15. The first-order valence-corrected chi connectivity index (χ1v) is 16.3. The lowest BCUT2D eigenvalue weighted by atomic mass is 9.93. The Morgan fingerprint density at radius 1 is 1.00 bits per heavy atom. The summed E-state index contributed by atoms with van der Waals surface area (Å²) in [6.07, 6.45) is 1.82. The number of fused-ring (bicyclic) bond motifs is 1. The molecule has 3 aromatic carbocycles. The number of aromatic nitrogens is 1. The zero-order valence-corrected chi connectivity index (χ0v) is 28.6. The summed E-state index contributed by atoms with van der Waals surface area (Å²) in [6, 6.07) is 18.5. The Hall–Kier alpha value is -4.15. The zero-order chi connectivity index (χ0) is 32.2. The van der Waals surface area contributed by atoms with Crippen LogP contribution >= 0.6 is 27.3 Å². The fraction of sp³-hybridized carbons (Fsp3) is 0.286. The molecular formula is C35H36BrN3O5S. The van der Waals surface area contributed by atoms with Crippen LogP contribution in [0.1, 0.15) is 49.1 Å². The van der Waals surface area contributed by atoms with E-state index >= 15 is 0 Å². The van der Waals surface area contributed by atoms with Crippen LogP contribution in [-0.2, 0) is 11.4 Å². The van der Waals surface area contributed by atoms with Crippen LogP contribution in [0.25, 0.3) is 6.08 Å². The Balaban J connectivity index is 1.68. The maximum atomic E-state index is 14.4. The van der Waals surface area contributed by atoms with Gasteiger partial charge in [-0.05, 0) is 75.7 Å². The van der Waals surface area contributed by atoms with Crippen molar-refractivity contribution in [2.45, 2.75) is 40.3 Å². The third kappa shape index (κ3) is 6.62. The lowest BCUT2D eigenvalue weighted by Gasteiger charge is -2.30. The lowest BCUT2D eigenvalue weighted by molar-refractivity contribution is -0.127. The van der Waals surface area contributed by atoms with Gasteiger partial charge in [-0.1, -0.05) is 57.1 Å². The number of hydrogen-bond donors (Lipinski definition) is 0. The highest BCUT2D eigenvalue weighted by molar-refractivity contribution is 9.10. The molecule has 10 heteroatoms. The van der Waals surface area contributed by atoms with Gasteiger partial charge in [-0.25, -0.2) is 4.99 Å². The van der Waals surface area contributed by atoms with Crippen LogP contribution in [0.15, 0.2) is 86.2 Å². The highest BCUT2D eigenvalue weighted by Crippen LogP contribution is 2.38. The highest BCUT2D eigenvalue weighted by Gasteiger charge is 2.36. The summed E-state index contributed by atoms with van der Waals surface area (Å²) in [4.78, 5) is 35.4. The van der Waals surface area contributed by atoms with E-state index < -0.39 is 6.04 Å². The van der Waals surface area contributed by atoms with Crippen LogP contribution in [0.5, 0.6) is 17.2 Å². The molecule has 0 spiro atoms. The average Bonchev–Trinajstić information content (AvgIpc) is 3.34. The molecule has 0 saturated carbocycles. The monoisotopic (exact) mass is 689 g/mol. The third-order valence-electron chi connectivity index (χ3n) is 7.81. The van der Waals surface area contributed by atoms with E-state index in [0.29, 0.717) is 63.1 Å². The molecular weight excluding hydrogens is 654 g/mol. The minimum atomic E-state index is -0.777. The van der Waals surface area contributed by atoms with E-state index in [1.807, 2.05) is 70.2 Å². The van der Waals surface area contributed by atoms with E-state index in [4.69, 9.17) is 19.2 Å². The first-order valence-electron chi connectivity index (χ1n) is 14.7. The van der Waals surface area contributed by atoms with E-state index in [9.17, 15) is 9.59 Å². The molecule has 1 aliphatic heterocycles. The smallest absolute Gasteiger partial charge is 0.271 e. The van der Waals surface area contributed by atoms with Crippen LogP contribution < -0.4 is 29.1 Å². The number of ether oxygens (including phenoxy) is 3. The Morgan fingerprint density at radius 2 is 1.71 bits per heavy atom. The molecule has 1 aromatic heterocycles. The van der Waals surface area contributed by atoms with Crippen molar-refractivity contribution in [1.29, 1.82) is 0 Å². The Bertz CT molecular complexity index is 1940. The highest BCUT2D eigenvalue weighted by atomic mass is 79.9. The molecule has 0 radical (unpaired) electrons. The van der Waals surface area contributed by atoms with Crippen molar-refractivity contribution in [1.82, 2.24) is 9.47 Å². The van der Waals surface area contributed by atoms with Crippen molar-refractivity contribution in [2.24, 2.45) is 4.99 Å². The summed E-state index contributed by atoms with van der Waals surface area (Å²) in [6.45, 7) is 9.16. The van der Waals surface area contributed by atoms with Gasteiger partial charge in [0.05, 0.1) is 30.0 Å². The predicted octanol–water partition coefficient (Wildman–Crippen LogP) is 5.77. The van der Waals surface area contributed by atoms with Crippen LogP contribution in [0, 0.1) is 6.92 Å². The number of aryl methyl sites for hydroxylation is 1. The van der Waals surface area contributed by atoms with Gasteiger partial charge in [0.25, 0.3) is 11.5 Å². The molecule has 0 aliphatic carbocycles.